The van der Waals surface area contributed by atoms with Gasteiger partial charge in [-0.2, -0.15) is 5.10 Å². The second kappa shape index (κ2) is 7.83. The number of aromatic nitrogens is 4. The van der Waals surface area contributed by atoms with Crippen molar-refractivity contribution in [2.45, 2.75) is 39.3 Å². The van der Waals surface area contributed by atoms with Gasteiger partial charge in [0.1, 0.15) is 0 Å². The van der Waals surface area contributed by atoms with E-state index in [1.54, 1.807) is 17.0 Å². The second-order valence-corrected chi connectivity index (χ2v) is 7.63. The van der Waals surface area contributed by atoms with Crippen molar-refractivity contribution in [2.75, 3.05) is 0 Å². The maximum Gasteiger partial charge on any atom is 0.249 e. The quantitative estimate of drug-likeness (QED) is 0.574. The summed E-state index contributed by atoms with van der Waals surface area (Å²) in [6.07, 6.45) is 5.39. The summed E-state index contributed by atoms with van der Waals surface area (Å²) in [6, 6.07) is 7.50. The average Bonchev–Trinajstić information content (AvgIpc) is 3.38. The topological polar surface area (TPSA) is 77.1 Å². The first-order chi connectivity index (χ1) is 13.9. The Labute approximate surface area is 174 Å². The van der Waals surface area contributed by atoms with Crippen LogP contribution >= 0.6 is 11.6 Å². The molecule has 0 saturated heterocycles. The molecule has 4 rings (SSSR count). The first-order valence-corrected chi connectivity index (χ1v) is 9.88. The van der Waals surface area contributed by atoms with Crippen LogP contribution in [0, 0.1) is 13.8 Å². The Morgan fingerprint density at radius 2 is 2.07 bits per heavy atom. The number of benzene rings is 1. The molecule has 29 heavy (non-hydrogen) atoms. The minimum atomic E-state index is -0.0763. The molecular weight excluding hydrogens is 390 g/mol. The molecule has 7 nitrogen and oxygen atoms in total. The van der Waals surface area contributed by atoms with Crippen molar-refractivity contribution in [3.63, 3.8) is 0 Å². The standard InChI is InChI=1S/C21H22ClN5O2/c1-13-16(14(2)26(3)25-13)10-11-20(28)27(15-8-9-15)12-19-23-24-21(29-19)17-6-4-5-7-18(17)22/h4-7,10-11,15H,8-9,12H2,1-3H3. The molecule has 0 bridgehead atoms. The highest BCUT2D eigenvalue weighted by atomic mass is 35.5. The summed E-state index contributed by atoms with van der Waals surface area (Å²) in [7, 11) is 1.89. The van der Waals surface area contributed by atoms with Crippen LogP contribution in [-0.4, -0.2) is 36.8 Å². The lowest BCUT2D eigenvalue weighted by Gasteiger charge is -2.18. The van der Waals surface area contributed by atoms with Gasteiger partial charge < -0.3 is 9.32 Å². The van der Waals surface area contributed by atoms with Gasteiger partial charge in [-0.05, 0) is 44.9 Å². The van der Waals surface area contributed by atoms with Crippen molar-refractivity contribution in [3.05, 3.63) is 58.2 Å². The third kappa shape index (κ3) is 4.10. The van der Waals surface area contributed by atoms with Gasteiger partial charge >= 0.3 is 0 Å². The zero-order chi connectivity index (χ0) is 20.5. The summed E-state index contributed by atoms with van der Waals surface area (Å²) in [5, 5.41) is 13.1. The van der Waals surface area contributed by atoms with Gasteiger partial charge in [-0.1, -0.05) is 23.7 Å². The number of carbonyl (C=O) groups is 1. The fourth-order valence-electron chi connectivity index (χ4n) is 3.26. The fraction of sp³-hybridized carbons (Fsp3) is 0.333. The Kier molecular flexibility index (Phi) is 5.24. The van der Waals surface area contributed by atoms with Gasteiger partial charge in [0, 0.05) is 30.4 Å². The summed E-state index contributed by atoms with van der Waals surface area (Å²) < 4.78 is 7.59. The molecule has 0 spiro atoms. The first-order valence-electron chi connectivity index (χ1n) is 9.50. The summed E-state index contributed by atoms with van der Waals surface area (Å²) in [6.45, 7) is 4.19. The van der Waals surface area contributed by atoms with E-state index >= 15 is 0 Å². The first kappa shape index (κ1) is 19.4. The number of hydrogen-bond acceptors (Lipinski definition) is 5. The van der Waals surface area contributed by atoms with E-state index in [9.17, 15) is 4.79 Å². The summed E-state index contributed by atoms with van der Waals surface area (Å²) in [5.74, 6) is 0.668. The van der Waals surface area contributed by atoms with E-state index in [2.05, 4.69) is 15.3 Å². The van der Waals surface area contributed by atoms with Crippen molar-refractivity contribution in [1.29, 1.82) is 0 Å². The molecule has 1 aliphatic carbocycles. The van der Waals surface area contributed by atoms with Crippen LogP contribution in [0.4, 0.5) is 0 Å². The molecule has 3 aromatic rings. The Hall–Kier alpha value is -2.93. The molecule has 2 heterocycles. The summed E-state index contributed by atoms with van der Waals surface area (Å²) in [4.78, 5) is 14.6. The van der Waals surface area contributed by atoms with Crippen molar-refractivity contribution >= 4 is 23.6 Å². The third-order valence-electron chi connectivity index (χ3n) is 5.11. The van der Waals surface area contributed by atoms with Gasteiger partial charge in [-0.25, -0.2) is 0 Å². The van der Waals surface area contributed by atoms with Crippen LogP contribution in [0.1, 0.15) is 35.7 Å². The van der Waals surface area contributed by atoms with E-state index < -0.39 is 0 Å². The van der Waals surface area contributed by atoms with Gasteiger partial charge in [0.2, 0.25) is 17.7 Å². The molecule has 1 saturated carbocycles. The van der Waals surface area contributed by atoms with Crippen molar-refractivity contribution in [3.8, 4) is 11.5 Å². The highest BCUT2D eigenvalue weighted by molar-refractivity contribution is 6.33. The Morgan fingerprint density at radius 1 is 1.31 bits per heavy atom. The number of halogens is 1. The van der Waals surface area contributed by atoms with Crippen LogP contribution < -0.4 is 0 Å². The summed E-state index contributed by atoms with van der Waals surface area (Å²) in [5.41, 5.74) is 3.56. The molecule has 1 amide bonds. The van der Waals surface area contributed by atoms with Crippen molar-refractivity contribution < 1.29 is 9.21 Å². The average molecular weight is 412 g/mol. The highest BCUT2D eigenvalue weighted by Gasteiger charge is 2.33. The maximum atomic E-state index is 12.9. The SMILES string of the molecule is Cc1nn(C)c(C)c1C=CC(=O)N(Cc1nnc(-c2ccccc2Cl)o1)C1CC1. The fourth-order valence-corrected chi connectivity index (χ4v) is 3.48. The van der Waals surface area contributed by atoms with Crippen LogP contribution in [-0.2, 0) is 18.4 Å². The Balaban J connectivity index is 1.51. The minimum absolute atomic E-state index is 0.0763. The molecular formula is C21H22ClN5O2. The second-order valence-electron chi connectivity index (χ2n) is 7.22. The van der Waals surface area contributed by atoms with Gasteiger partial charge in [-0.3, -0.25) is 9.48 Å². The van der Waals surface area contributed by atoms with Crippen LogP contribution in [0.25, 0.3) is 17.5 Å². The Bertz CT molecular complexity index is 1080. The third-order valence-corrected chi connectivity index (χ3v) is 5.43. The molecule has 1 aromatic carbocycles. The predicted molar refractivity (Wildman–Crippen MR) is 110 cm³/mol. The van der Waals surface area contributed by atoms with E-state index in [1.165, 1.54) is 0 Å². The number of amides is 1. The van der Waals surface area contributed by atoms with E-state index in [4.69, 9.17) is 16.0 Å². The molecule has 1 fully saturated rings. The lowest BCUT2D eigenvalue weighted by atomic mass is 10.2. The lowest BCUT2D eigenvalue weighted by molar-refractivity contribution is -0.127. The Morgan fingerprint density at radius 3 is 2.72 bits per heavy atom. The largest absolute Gasteiger partial charge is 0.419 e. The smallest absolute Gasteiger partial charge is 0.249 e. The zero-order valence-corrected chi connectivity index (χ0v) is 17.3. The number of rotatable bonds is 6. The number of nitrogens with zero attached hydrogens (tertiary/aromatic N) is 5. The summed E-state index contributed by atoms with van der Waals surface area (Å²) >= 11 is 6.20. The van der Waals surface area contributed by atoms with E-state index in [1.807, 2.05) is 49.9 Å². The van der Waals surface area contributed by atoms with Crippen molar-refractivity contribution in [2.24, 2.45) is 7.05 Å². The number of aryl methyl sites for hydroxylation is 2. The van der Waals surface area contributed by atoms with Crippen molar-refractivity contribution in [1.82, 2.24) is 24.9 Å². The molecule has 0 radical (unpaired) electrons. The van der Waals surface area contributed by atoms with E-state index in [0.29, 0.717) is 22.4 Å². The molecule has 1 aliphatic rings. The van der Waals surface area contributed by atoms with E-state index in [-0.39, 0.29) is 18.5 Å². The monoisotopic (exact) mass is 411 g/mol. The zero-order valence-electron chi connectivity index (χ0n) is 16.6. The van der Waals surface area contributed by atoms with Gasteiger partial charge in [0.25, 0.3) is 0 Å². The van der Waals surface area contributed by atoms with Gasteiger partial charge in [0.15, 0.2) is 0 Å². The molecule has 0 unspecified atom stereocenters. The molecule has 0 N–H and O–H groups in total. The maximum absolute atomic E-state index is 12.9. The van der Waals surface area contributed by atoms with Gasteiger partial charge in [0.05, 0.1) is 22.8 Å². The number of hydrogen-bond donors (Lipinski definition) is 0. The molecule has 150 valence electrons. The van der Waals surface area contributed by atoms with Gasteiger partial charge in [-0.15, -0.1) is 10.2 Å². The van der Waals surface area contributed by atoms with Crippen LogP contribution in [0.3, 0.4) is 0 Å². The lowest BCUT2D eigenvalue weighted by Crippen LogP contribution is -2.31. The predicted octanol–water partition coefficient (Wildman–Crippen LogP) is 3.94. The highest BCUT2D eigenvalue weighted by Crippen LogP contribution is 2.30. The van der Waals surface area contributed by atoms with Crippen LogP contribution in [0.15, 0.2) is 34.8 Å². The normalized spacial score (nSPS) is 13.9. The number of carbonyl (C=O) groups excluding carboxylic acids is 1. The molecule has 0 aliphatic heterocycles. The van der Waals surface area contributed by atoms with Crippen LogP contribution in [0.2, 0.25) is 5.02 Å². The van der Waals surface area contributed by atoms with E-state index in [0.717, 1.165) is 29.8 Å². The molecule has 0 atom stereocenters. The molecule has 8 heteroatoms. The van der Waals surface area contributed by atoms with Crippen LogP contribution in [0.5, 0.6) is 0 Å². The molecule has 2 aromatic heterocycles. The minimum Gasteiger partial charge on any atom is -0.419 e.